The van der Waals surface area contributed by atoms with E-state index in [0.717, 1.165) is 11.1 Å². The van der Waals surface area contributed by atoms with Crippen LogP contribution in [0.1, 0.15) is 11.1 Å². The standard InChI is InChI=1S/C9H12N2O2S.2C4H4O4.H2O/c10-14(12,13)9-5-7-3-1-2-4-8(7)6-11-9;2*5-3(6)1-2-4(7)8;/h1-4,9,11H,5-6H2,(H2,10,12,13);2*1-2H,(H,5,6)(H,7,8);1H2/b;2*2-1+;. The van der Waals surface area contributed by atoms with Gasteiger partial charge in [0, 0.05) is 37.3 Å². The highest BCUT2D eigenvalue weighted by atomic mass is 32.2. The summed E-state index contributed by atoms with van der Waals surface area (Å²) in [6.45, 7) is 0.567. The third-order valence-electron chi connectivity index (χ3n) is 3.18. The molecule has 0 radical (unpaired) electrons. The zero-order valence-corrected chi connectivity index (χ0v) is 16.7. The van der Waals surface area contributed by atoms with Gasteiger partial charge in [-0.05, 0) is 11.1 Å². The van der Waals surface area contributed by atoms with Crippen molar-refractivity contribution in [2.75, 3.05) is 0 Å². The summed E-state index contributed by atoms with van der Waals surface area (Å²) >= 11 is 0. The molecule has 1 atom stereocenters. The lowest BCUT2D eigenvalue weighted by atomic mass is 10.0. The van der Waals surface area contributed by atoms with Crippen LogP contribution in [0.5, 0.6) is 0 Å². The van der Waals surface area contributed by atoms with Gasteiger partial charge in [0.1, 0.15) is 5.37 Å². The quantitative estimate of drug-likeness (QED) is 0.276. The number of hydrogen-bond donors (Lipinski definition) is 6. The molecule has 2 rings (SSSR count). The molecule has 13 nitrogen and oxygen atoms in total. The Morgan fingerprint density at radius 3 is 1.52 bits per heavy atom. The molecule has 0 aromatic heterocycles. The molecule has 172 valence electrons. The van der Waals surface area contributed by atoms with Gasteiger partial charge in [0.05, 0.1) is 0 Å². The van der Waals surface area contributed by atoms with E-state index < -0.39 is 39.3 Å². The number of carbonyl (C=O) groups is 4. The summed E-state index contributed by atoms with van der Waals surface area (Å²) in [7, 11) is -3.48. The van der Waals surface area contributed by atoms with Crippen LogP contribution in [-0.2, 0) is 42.2 Å². The van der Waals surface area contributed by atoms with Crippen molar-refractivity contribution in [1.29, 1.82) is 0 Å². The Morgan fingerprint density at radius 2 is 1.19 bits per heavy atom. The van der Waals surface area contributed by atoms with Crippen LogP contribution in [0.2, 0.25) is 0 Å². The average Bonchev–Trinajstić information content (AvgIpc) is 2.64. The number of benzene rings is 1. The van der Waals surface area contributed by atoms with Crippen LogP contribution in [-0.4, -0.2) is 63.6 Å². The molecule has 31 heavy (non-hydrogen) atoms. The summed E-state index contributed by atoms with van der Waals surface area (Å²) in [6.07, 6.45) is 2.68. The summed E-state index contributed by atoms with van der Waals surface area (Å²) < 4.78 is 22.2. The van der Waals surface area contributed by atoms with Crippen molar-refractivity contribution in [2.24, 2.45) is 5.14 Å². The summed E-state index contributed by atoms with van der Waals surface area (Å²) in [6, 6.07) is 7.78. The van der Waals surface area contributed by atoms with Gasteiger partial charge >= 0.3 is 23.9 Å². The van der Waals surface area contributed by atoms with Crippen LogP contribution >= 0.6 is 0 Å². The minimum atomic E-state index is -3.48. The average molecular weight is 462 g/mol. The summed E-state index contributed by atoms with van der Waals surface area (Å²) in [5, 5.41) is 38.6. The molecule has 0 saturated carbocycles. The number of fused-ring (bicyclic) bond motifs is 1. The monoisotopic (exact) mass is 462 g/mol. The fourth-order valence-electron chi connectivity index (χ4n) is 1.94. The SMILES string of the molecule is NS(=O)(=O)C1Cc2ccccc2CN1.O.O=C(O)/C=C/C(=O)O.O=C(O)/C=C/C(=O)O. The normalized spacial score (nSPS) is 14.7. The van der Waals surface area contributed by atoms with E-state index in [0.29, 0.717) is 37.3 Å². The highest BCUT2D eigenvalue weighted by Crippen LogP contribution is 2.17. The molecule has 1 aliphatic rings. The first-order valence-corrected chi connectivity index (χ1v) is 9.53. The molecule has 9 N–H and O–H groups in total. The lowest BCUT2D eigenvalue weighted by molar-refractivity contribution is -0.134. The van der Waals surface area contributed by atoms with Gasteiger partial charge in [-0.15, -0.1) is 0 Å². The second-order valence-corrected chi connectivity index (χ2v) is 7.20. The molecule has 1 aromatic rings. The molecule has 1 aromatic carbocycles. The van der Waals surface area contributed by atoms with Gasteiger partial charge in [-0.3, -0.25) is 5.32 Å². The fraction of sp³-hybridized carbons (Fsp3) is 0.176. The minimum absolute atomic E-state index is 0. The Morgan fingerprint density at radius 1 is 0.839 bits per heavy atom. The van der Waals surface area contributed by atoms with E-state index in [9.17, 15) is 27.6 Å². The van der Waals surface area contributed by atoms with E-state index in [2.05, 4.69) is 5.32 Å². The van der Waals surface area contributed by atoms with Crippen molar-refractivity contribution in [3.05, 3.63) is 59.7 Å². The molecular weight excluding hydrogens is 440 g/mol. The maximum absolute atomic E-state index is 11.1. The summed E-state index contributed by atoms with van der Waals surface area (Å²) in [5.74, 6) is -5.03. The molecule has 1 heterocycles. The zero-order valence-electron chi connectivity index (χ0n) is 15.8. The minimum Gasteiger partial charge on any atom is -0.478 e. The van der Waals surface area contributed by atoms with Gasteiger partial charge in [-0.1, -0.05) is 24.3 Å². The number of primary sulfonamides is 1. The number of hydrogen-bond acceptors (Lipinski definition) is 7. The Kier molecular flexibility index (Phi) is 13.8. The van der Waals surface area contributed by atoms with E-state index >= 15 is 0 Å². The molecular formula is C17H22N2O11S. The topological polar surface area (TPSA) is 253 Å². The van der Waals surface area contributed by atoms with E-state index in [1.807, 2.05) is 24.3 Å². The van der Waals surface area contributed by atoms with Crippen molar-refractivity contribution in [3.63, 3.8) is 0 Å². The highest BCUT2D eigenvalue weighted by Gasteiger charge is 2.25. The highest BCUT2D eigenvalue weighted by molar-refractivity contribution is 7.89. The van der Waals surface area contributed by atoms with E-state index in [-0.39, 0.29) is 5.48 Å². The molecule has 0 aliphatic carbocycles. The number of carboxylic acids is 4. The van der Waals surface area contributed by atoms with Crippen LogP contribution < -0.4 is 10.5 Å². The molecule has 0 fully saturated rings. The molecule has 0 saturated heterocycles. The van der Waals surface area contributed by atoms with Gasteiger partial charge in [-0.2, -0.15) is 0 Å². The predicted octanol–water partition coefficient (Wildman–Crippen LogP) is -1.45. The van der Waals surface area contributed by atoms with Gasteiger partial charge in [0.2, 0.25) is 10.0 Å². The number of sulfonamides is 1. The zero-order chi connectivity index (χ0) is 23.3. The van der Waals surface area contributed by atoms with Crippen LogP contribution in [0, 0.1) is 0 Å². The van der Waals surface area contributed by atoms with E-state index in [4.69, 9.17) is 25.6 Å². The lowest BCUT2D eigenvalue weighted by Crippen LogP contribution is -2.44. The van der Waals surface area contributed by atoms with Gasteiger partial charge in [-0.25, -0.2) is 32.7 Å². The lowest BCUT2D eigenvalue weighted by Gasteiger charge is -2.24. The maximum atomic E-state index is 11.1. The molecule has 0 bridgehead atoms. The molecule has 0 spiro atoms. The Hall–Kier alpha value is -3.59. The van der Waals surface area contributed by atoms with Gasteiger partial charge < -0.3 is 25.9 Å². The molecule has 1 unspecified atom stereocenters. The second kappa shape index (κ2) is 14.4. The van der Waals surface area contributed by atoms with Crippen molar-refractivity contribution >= 4 is 33.9 Å². The second-order valence-electron chi connectivity index (χ2n) is 5.45. The first kappa shape index (κ1) is 29.6. The fourth-order valence-corrected chi connectivity index (χ4v) is 2.67. The number of nitrogens with one attached hydrogen (secondary N) is 1. The third kappa shape index (κ3) is 15.0. The third-order valence-corrected chi connectivity index (χ3v) is 4.30. The Balaban J connectivity index is 0. The first-order chi connectivity index (χ1) is 13.8. The summed E-state index contributed by atoms with van der Waals surface area (Å²) in [4.78, 5) is 38.2. The maximum Gasteiger partial charge on any atom is 0.328 e. The first-order valence-electron chi connectivity index (χ1n) is 7.92. The van der Waals surface area contributed by atoms with E-state index in [1.165, 1.54) is 0 Å². The predicted molar refractivity (Wildman–Crippen MR) is 106 cm³/mol. The smallest absolute Gasteiger partial charge is 0.328 e. The van der Waals surface area contributed by atoms with Crippen molar-refractivity contribution in [3.8, 4) is 0 Å². The van der Waals surface area contributed by atoms with Gasteiger partial charge in [0.15, 0.2) is 0 Å². The van der Waals surface area contributed by atoms with Crippen molar-refractivity contribution in [1.82, 2.24) is 5.32 Å². The van der Waals surface area contributed by atoms with Gasteiger partial charge in [0.25, 0.3) is 0 Å². The molecule has 1 aliphatic heterocycles. The van der Waals surface area contributed by atoms with Crippen molar-refractivity contribution in [2.45, 2.75) is 18.3 Å². The van der Waals surface area contributed by atoms with Crippen LogP contribution in [0.15, 0.2) is 48.6 Å². The van der Waals surface area contributed by atoms with Crippen LogP contribution in [0.3, 0.4) is 0 Å². The Labute approximate surface area is 176 Å². The number of nitrogens with two attached hydrogens (primary N) is 1. The Bertz CT molecular complexity index is 873. The molecule has 14 heteroatoms. The van der Waals surface area contributed by atoms with Crippen LogP contribution in [0.25, 0.3) is 0 Å². The number of carboxylic acid groups (broad SMARTS) is 4. The summed E-state index contributed by atoms with van der Waals surface area (Å²) in [5.41, 5.74) is 2.21. The largest absolute Gasteiger partial charge is 0.478 e. The van der Waals surface area contributed by atoms with Crippen molar-refractivity contribution < 1.29 is 53.5 Å². The number of aliphatic carboxylic acids is 4. The van der Waals surface area contributed by atoms with Crippen LogP contribution in [0.4, 0.5) is 0 Å². The van der Waals surface area contributed by atoms with E-state index in [1.54, 1.807) is 0 Å². The molecule has 0 amide bonds. The number of rotatable bonds is 5.